The number of amides is 3. The fourth-order valence-electron chi connectivity index (χ4n) is 5.17. The van der Waals surface area contributed by atoms with Gasteiger partial charge < -0.3 is 20.4 Å². The van der Waals surface area contributed by atoms with E-state index >= 15 is 8.78 Å². The highest BCUT2D eigenvalue weighted by Gasteiger charge is 2.51. The summed E-state index contributed by atoms with van der Waals surface area (Å²) in [6.45, 7) is 1.41. The molecule has 3 saturated heterocycles. The Bertz CT molecular complexity index is 1080. The van der Waals surface area contributed by atoms with E-state index in [-0.39, 0.29) is 34.1 Å². The summed E-state index contributed by atoms with van der Waals surface area (Å²) >= 11 is 3.19. The molecule has 1 aromatic rings. The van der Waals surface area contributed by atoms with Crippen LogP contribution in [0.1, 0.15) is 49.4 Å². The predicted molar refractivity (Wildman–Crippen MR) is 130 cm³/mol. The van der Waals surface area contributed by atoms with E-state index in [0.717, 1.165) is 30.2 Å². The highest BCUT2D eigenvalue weighted by atomic mass is 79.9. The molecule has 0 aromatic heterocycles. The fourth-order valence-corrected chi connectivity index (χ4v) is 5.62. The second-order valence-corrected chi connectivity index (χ2v) is 10.7. The van der Waals surface area contributed by atoms with Crippen molar-refractivity contribution in [2.75, 3.05) is 31.5 Å². The minimum absolute atomic E-state index is 0.0728. The maximum atomic E-state index is 15.1. The van der Waals surface area contributed by atoms with E-state index in [1.54, 1.807) is 11.8 Å². The van der Waals surface area contributed by atoms with Gasteiger partial charge in [0.15, 0.2) is 0 Å². The molecule has 0 spiro atoms. The number of anilines is 1. The van der Waals surface area contributed by atoms with Crippen molar-refractivity contribution in [3.63, 3.8) is 0 Å². The Morgan fingerprint density at radius 2 is 1.92 bits per heavy atom. The summed E-state index contributed by atoms with van der Waals surface area (Å²) in [4.78, 5) is 51.8. The molecule has 36 heavy (non-hydrogen) atoms. The second kappa shape index (κ2) is 10.3. The number of carbonyl (C=O) groups is 3. The van der Waals surface area contributed by atoms with Crippen LogP contribution < -0.4 is 10.6 Å². The SMILES string of the molecule is C[C@H]1C[C@@H](C(=O)N2C[C@H](Nc3c(C(=O)N4CCCCC4)cc(Br)cc3[N+](=O)[O-])C(F)(F)C2)CC(=O)N1. The number of likely N-dealkylation sites (tertiary alicyclic amines) is 2. The summed E-state index contributed by atoms with van der Waals surface area (Å²) in [6.07, 6.45) is 2.82. The molecule has 0 aliphatic carbocycles. The number of nitrogens with one attached hydrogen (secondary N) is 2. The van der Waals surface area contributed by atoms with Crippen molar-refractivity contribution in [2.24, 2.45) is 5.92 Å². The van der Waals surface area contributed by atoms with Gasteiger partial charge in [-0.15, -0.1) is 0 Å². The van der Waals surface area contributed by atoms with Crippen molar-refractivity contribution in [2.45, 2.75) is 57.0 Å². The molecule has 3 atom stereocenters. The van der Waals surface area contributed by atoms with Crippen molar-refractivity contribution >= 4 is 45.0 Å². The van der Waals surface area contributed by atoms with Crippen LogP contribution in [-0.4, -0.2) is 76.6 Å². The number of alkyl halides is 2. The third-order valence-electron chi connectivity index (χ3n) is 6.92. The predicted octanol–water partition coefficient (Wildman–Crippen LogP) is 3.16. The van der Waals surface area contributed by atoms with Crippen LogP contribution >= 0.6 is 15.9 Å². The highest BCUT2D eigenvalue weighted by molar-refractivity contribution is 9.10. The molecule has 3 aliphatic rings. The highest BCUT2D eigenvalue weighted by Crippen LogP contribution is 2.38. The van der Waals surface area contributed by atoms with Crippen molar-refractivity contribution in [3.8, 4) is 0 Å². The van der Waals surface area contributed by atoms with Crippen molar-refractivity contribution in [1.82, 2.24) is 15.1 Å². The molecule has 10 nitrogen and oxygen atoms in total. The number of nitro benzene ring substituents is 1. The van der Waals surface area contributed by atoms with Gasteiger partial charge in [-0.2, -0.15) is 0 Å². The number of rotatable bonds is 5. The van der Waals surface area contributed by atoms with E-state index in [1.807, 2.05) is 0 Å². The van der Waals surface area contributed by atoms with E-state index in [2.05, 4.69) is 26.6 Å². The van der Waals surface area contributed by atoms with E-state index in [4.69, 9.17) is 0 Å². The summed E-state index contributed by atoms with van der Waals surface area (Å²) in [5.41, 5.74) is -0.872. The molecule has 0 radical (unpaired) electrons. The summed E-state index contributed by atoms with van der Waals surface area (Å²) in [5, 5.41) is 17.1. The van der Waals surface area contributed by atoms with Gasteiger partial charge in [-0.3, -0.25) is 24.5 Å². The minimum atomic E-state index is -3.41. The normalized spacial score (nSPS) is 25.9. The lowest BCUT2D eigenvalue weighted by molar-refractivity contribution is -0.384. The third kappa shape index (κ3) is 5.45. The van der Waals surface area contributed by atoms with Gasteiger partial charge >= 0.3 is 0 Å². The van der Waals surface area contributed by atoms with Gasteiger partial charge in [0.05, 0.1) is 17.0 Å². The molecule has 0 bridgehead atoms. The van der Waals surface area contributed by atoms with Crippen LogP contribution in [0.2, 0.25) is 0 Å². The number of piperidine rings is 2. The molecule has 3 amide bonds. The van der Waals surface area contributed by atoms with Crippen LogP contribution in [-0.2, 0) is 9.59 Å². The van der Waals surface area contributed by atoms with E-state index in [9.17, 15) is 24.5 Å². The van der Waals surface area contributed by atoms with E-state index in [0.29, 0.717) is 19.5 Å². The first-order valence-electron chi connectivity index (χ1n) is 12.0. The molecule has 13 heteroatoms. The van der Waals surface area contributed by atoms with Gasteiger partial charge in [0.2, 0.25) is 11.8 Å². The fraction of sp³-hybridized carbons (Fsp3) is 0.609. The van der Waals surface area contributed by atoms with Crippen LogP contribution in [0.4, 0.5) is 20.2 Å². The average molecular weight is 572 g/mol. The minimum Gasteiger partial charge on any atom is -0.369 e. The summed E-state index contributed by atoms with van der Waals surface area (Å²) in [7, 11) is 0. The number of benzene rings is 1. The largest absolute Gasteiger partial charge is 0.369 e. The Balaban J connectivity index is 1.61. The van der Waals surface area contributed by atoms with Gasteiger partial charge in [-0.05, 0) is 38.7 Å². The van der Waals surface area contributed by atoms with Crippen LogP contribution in [0, 0.1) is 16.0 Å². The Morgan fingerprint density at radius 1 is 1.22 bits per heavy atom. The molecule has 3 heterocycles. The van der Waals surface area contributed by atoms with Gasteiger partial charge in [-0.25, -0.2) is 8.78 Å². The summed E-state index contributed by atoms with van der Waals surface area (Å²) in [6, 6.07) is 0.660. The molecule has 3 aliphatic heterocycles. The number of halogens is 3. The third-order valence-corrected chi connectivity index (χ3v) is 7.38. The Hall–Kier alpha value is -2.83. The lowest BCUT2D eigenvalue weighted by atomic mass is 9.91. The second-order valence-electron chi connectivity index (χ2n) is 9.74. The van der Waals surface area contributed by atoms with Crippen LogP contribution in [0.5, 0.6) is 0 Å². The van der Waals surface area contributed by atoms with Gasteiger partial charge in [-0.1, -0.05) is 15.9 Å². The topological polar surface area (TPSA) is 125 Å². The number of carbonyl (C=O) groups excluding carboxylic acids is 3. The molecule has 4 rings (SSSR count). The first kappa shape index (κ1) is 26.2. The molecule has 3 fully saturated rings. The standard InChI is InChI=1S/C23H28BrF2N5O5/c1-13-7-14(8-19(32)27-13)21(33)30-11-18(23(25,26)12-30)28-20-16(9-15(24)10-17(20)31(35)36)22(34)29-5-3-2-4-6-29/h9-10,13-14,18,28H,2-8,11-12H2,1H3,(H,27,32)/t13-,14+,18-/m0/s1. The molecule has 0 unspecified atom stereocenters. The van der Waals surface area contributed by atoms with E-state index < -0.39 is 53.4 Å². The number of hydrogen-bond donors (Lipinski definition) is 2. The first-order chi connectivity index (χ1) is 17.0. The Morgan fingerprint density at radius 3 is 2.56 bits per heavy atom. The lowest BCUT2D eigenvalue weighted by Crippen LogP contribution is -2.46. The average Bonchev–Trinajstić information content (AvgIpc) is 3.12. The Labute approximate surface area is 215 Å². The van der Waals surface area contributed by atoms with Crippen molar-refractivity contribution in [3.05, 3.63) is 32.3 Å². The van der Waals surface area contributed by atoms with Crippen molar-refractivity contribution < 1.29 is 28.1 Å². The number of hydrogen-bond acceptors (Lipinski definition) is 6. The summed E-state index contributed by atoms with van der Waals surface area (Å²) < 4.78 is 30.5. The van der Waals surface area contributed by atoms with Gasteiger partial charge in [0, 0.05) is 48.6 Å². The van der Waals surface area contributed by atoms with Crippen LogP contribution in [0.25, 0.3) is 0 Å². The van der Waals surface area contributed by atoms with Crippen molar-refractivity contribution in [1.29, 1.82) is 0 Å². The monoisotopic (exact) mass is 571 g/mol. The first-order valence-corrected chi connectivity index (χ1v) is 12.8. The van der Waals surface area contributed by atoms with Crippen LogP contribution in [0.3, 0.4) is 0 Å². The lowest BCUT2D eigenvalue weighted by Gasteiger charge is -2.29. The summed E-state index contributed by atoms with van der Waals surface area (Å²) in [5.74, 6) is -5.45. The zero-order valence-corrected chi connectivity index (χ0v) is 21.4. The number of nitrogens with zero attached hydrogens (tertiary/aromatic N) is 3. The maximum absolute atomic E-state index is 15.1. The Kier molecular flexibility index (Phi) is 7.48. The maximum Gasteiger partial charge on any atom is 0.294 e. The number of nitro groups is 1. The molecule has 196 valence electrons. The molecular weight excluding hydrogens is 544 g/mol. The molecule has 1 aromatic carbocycles. The zero-order valence-electron chi connectivity index (χ0n) is 19.8. The molecule has 0 saturated carbocycles. The van der Waals surface area contributed by atoms with Gasteiger partial charge in [0.25, 0.3) is 17.5 Å². The molecule has 2 N–H and O–H groups in total. The smallest absolute Gasteiger partial charge is 0.294 e. The quantitative estimate of drug-likeness (QED) is 0.413. The zero-order chi connectivity index (χ0) is 26.2. The van der Waals surface area contributed by atoms with Crippen LogP contribution in [0.15, 0.2) is 16.6 Å². The van der Waals surface area contributed by atoms with E-state index in [1.165, 1.54) is 6.07 Å². The molecular formula is C23H28BrF2N5O5. The van der Waals surface area contributed by atoms with Gasteiger partial charge in [0.1, 0.15) is 11.7 Å².